The zero-order valence-electron chi connectivity index (χ0n) is 17.7. The van der Waals surface area contributed by atoms with Crippen molar-refractivity contribution in [2.75, 3.05) is 11.9 Å². The molecule has 7 nitrogen and oxygen atoms in total. The molecule has 0 spiro atoms. The number of hydrogen-bond acceptors (Lipinski definition) is 4. The van der Waals surface area contributed by atoms with Crippen LogP contribution in [0.3, 0.4) is 0 Å². The van der Waals surface area contributed by atoms with Crippen LogP contribution < -0.4 is 10.1 Å². The van der Waals surface area contributed by atoms with Crippen molar-refractivity contribution >= 4 is 28.8 Å². The van der Waals surface area contributed by atoms with Crippen molar-refractivity contribution in [3.05, 3.63) is 29.3 Å². The fourth-order valence-corrected chi connectivity index (χ4v) is 3.41. The van der Waals surface area contributed by atoms with E-state index < -0.39 is 0 Å². The van der Waals surface area contributed by atoms with Crippen LogP contribution in [-0.2, 0) is 4.79 Å². The van der Waals surface area contributed by atoms with E-state index in [4.69, 9.17) is 16.3 Å². The molecule has 0 atom stereocenters. The quantitative estimate of drug-likeness (QED) is 0.352. The minimum atomic E-state index is 0.0566. The molecule has 0 unspecified atom stereocenters. The number of anilines is 1. The largest absolute Gasteiger partial charge is 0.475 e. The van der Waals surface area contributed by atoms with Crippen LogP contribution in [0.1, 0.15) is 65.2 Å². The molecule has 162 valence electrons. The van der Waals surface area contributed by atoms with Crippen molar-refractivity contribution in [1.29, 1.82) is 0 Å². The first-order valence-corrected chi connectivity index (χ1v) is 11.2. The number of aromatic nitrogens is 4. The number of ether oxygens (including phenoxy) is 1. The van der Waals surface area contributed by atoms with Gasteiger partial charge in [0.15, 0.2) is 11.5 Å². The van der Waals surface area contributed by atoms with Crippen molar-refractivity contribution in [2.24, 2.45) is 0 Å². The summed E-state index contributed by atoms with van der Waals surface area (Å²) < 4.78 is 6.96. The van der Waals surface area contributed by atoms with Crippen LogP contribution in [0.15, 0.2) is 24.3 Å². The number of fused-ring (bicyclic) bond motifs is 1. The Bertz CT molecular complexity index is 948. The summed E-state index contributed by atoms with van der Waals surface area (Å²) in [7, 11) is 0. The normalized spacial score (nSPS) is 11.2. The van der Waals surface area contributed by atoms with Crippen LogP contribution in [0.2, 0.25) is 5.02 Å². The predicted molar refractivity (Wildman–Crippen MR) is 120 cm³/mol. The van der Waals surface area contributed by atoms with E-state index in [1.54, 1.807) is 0 Å². The van der Waals surface area contributed by atoms with Gasteiger partial charge in [-0.2, -0.15) is 0 Å². The minimum Gasteiger partial charge on any atom is -0.475 e. The third kappa shape index (κ3) is 5.75. The molecule has 3 aromatic rings. The van der Waals surface area contributed by atoms with Gasteiger partial charge in [0, 0.05) is 17.7 Å². The first kappa shape index (κ1) is 22.2. The van der Waals surface area contributed by atoms with Crippen molar-refractivity contribution in [3.8, 4) is 17.3 Å². The van der Waals surface area contributed by atoms with Gasteiger partial charge in [0.05, 0.1) is 6.61 Å². The van der Waals surface area contributed by atoms with E-state index in [9.17, 15) is 4.79 Å². The summed E-state index contributed by atoms with van der Waals surface area (Å²) in [6.07, 6.45) is 8.47. The van der Waals surface area contributed by atoms with Gasteiger partial charge in [0.1, 0.15) is 5.02 Å². The molecule has 2 aromatic heterocycles. The highest BCUT2D eigenvalue weighted by atomic mass is 35.5. The summed E-state index contributed by atoms with van der Waals surface area (Å²) in [4.78, 5) is 15.3. The number of unbranched alkanes of at least 4 members (excludes halogenated alkanes) is 5. The molecule has 0 aliphatic rings. The van der Waals surface area contributed by atoms with Gasteiger partial charge in [0.25, 0.3) is 5.88 Å². The maximum Gasteiger partial charge on any atom is 0.256 e. The van der Waals surface area contributed by atoms with Crippen molar-refractivity contribution in [2.45, 2.75) is 65.2 Å². The second kappa shape index (κ2) is 11.0. The fourth-order valence-electron chi connectivity index (χ4n) is 3.20. The molecule has 0 aliphatic carbocycles. The van der Waals surface area contributed by atoms with E-state index in [1.165, 1.54) is 30.3 Å². The molecule has 0 saturated heterocycles. The topological polar surface area (TPSA) is 84.3 Å². The zero-order valence-corrected chi connectivity index (χ0v) is 18.5. The van der Waals surface area contributed by atoms with E-state index in [1.807, 2.05) is 31.2 Å². The molecule has 0 radical (unpaired) electrons. The third-order valence-electron chi connectivity index (χ3n) is 4.86. The predicted octanol–water partition coefficient (Wildman–Crippen LogP) is 5.86. The Labute approximate surface area is 182 Å². The van der Waals surface area contributed by atoms with Gasteiger partial charge in [-0.05, 0) is 37.1 Å². The summed E-state index contributed by atoms with van der Waals surface area (Å²) in [6, 6.07) is 7.55. The molecule has 1 amide bonds. The molecule has 2 N–H and O–H groups in total. The lowest BCUT2D eigenvalue weighted by Gasteiger charge is -2.06. The van der Waals surface area contributed by atoms with Gasteiger partial charge >= 0.3 is 0 Å². The van der Waals surface area contributed by atoms with Crippen LogP contribution in [0.25, 0.3) is 17.0 Å². The van der Waals surface area contributed by atoms with Gasteiger partial charge in [-0.15, -0.1) is 14.8 Å². The summed E-state index contributed by atoms with van der Waals surface area (Å²) in [5, 5.41) is 12.1. The number of rotatable bonds is 12. The Morgan fingerprint density at radius 1 is 1.07 bits per heavy atom. The molecule has 8 heteroatoms. The number of nitrogens with zero attached hydrogens (tertiary/aromatic N) is 3. The third-order valence-corrected chi connectivity index (χ3v) is 5.20. The number of H-pyrrole nitrogens is 1. The highest BCUT2D eigenvalue weighted by molar-refractivity contribution is 6.34. The van der Waals surface area contributed by atoms with Gasteiger partial charge in [-0.25, -0.2) is 0 Å². The summed E-state index contributed by atoms with van der Waals surface area (Å²) in [5.41, 5.74) is 2.25. The first-order valence-electron chi connectivity index (χ1n) is 10.8. The van der Waals surface area contributed by atoms with Gasteiger partial charge in [-0.1, -0.05) is 57.6 Å². The average molecular weight is 432 g/mol. The molecule has 1 aromatic carbocycles. The van der Waals surface area contributed by atoms with Crippen LogP contribution in [0, 0.1) is 0 Å². The molecular weight excluding hydrogens is 402 g/mol. The van der Waals surface area contributed by atoms with Gasteiger partial charge < -0.3 is 15.0 Å². The zero-order chi connectivity index (χ0) is 21.3. The molecule has 2 heterocycles. The molecule has 0 saturated carbocycles. The summed E-state index contributed by atoms with van der Waals surface area (Å²) in [6.45, 7) is 4.78. The van der Waals surface area contributed by atoms with Crippen LogP contribution in [-0.4, -0.2) is 32.3 Å². The Hall–Kier alpha value is -2.54. The number of carbonyl (C=O) groups excluding carboxylic acids is 1. The second-order valence-electron chi connectivity index (χ2n) is 7.42. The average Bonchev–Trinajstić information content (AvgIpc) is 3.29. The van der Waals surface area contributed by atoms with Crippen molar-refractivity contribution < 1.29 is 9.53 Å². The van der Waals surface area contributed by atoms with Gasteiger partial charge in [-0.3, -0.25) is 4.79 Å². The van der Waals surface area contributed by atoms with E-state index in [0.29, 0.717) is 35.4 Å². The smallest absolute Gasteiger partial charge is 0.256 e. The van der Waals surface area contributed by atoms with Crippen molar-refractivity contribution in [3.63, 3.8) is 0 Å². The number of benzene rings is 1. The van der Waals surface area contributed by atoms with E-state index in [0.717, 1.165) is 30.5 Å². The standard InChI is InChI=1S/C22H30ClN5O2/c1-3-5-6-7-8-9-10-18(29)24-17-13-11-16(12-14-17)20-25-21-19(23)22(30-15-4-2)27-28(21)26-20/h11-14H,3-10,15H2,1-2H3,(H,24,29)(H,25,26). The lowest BCUT2D eigenvalue weighted by atomic mass is 10.1. The summed E-state index contributed by atoms with van der Waals surface area (Å²) in [5.74, 6) is 1.08. The fraction of sp³-hybridized carbons (Fsp3) is 0.500. The number of halogens is 1. The van der Waals surface area contributed by atoms with Crippen molar-refractivity contribution in [1.82, 2.24) is 19.8 Å². The molecule has 30 heavy (non-hydrogen) atoms. The highest BCUT2D eigenvalue weighted by Crippen LogP contribution is 2.29. The lowest BCUT2D eigenvalue weighted by molar-refractivity contribution is -0.116. The molecule has 0 bridgehead atoms. The molecule has 0 fully saturated rings. The van der Waals surface area contributed by atoms with Gasteiger partial charge in [0.2, 0.25) is 5.91 Å². The first-order chi connectivity index (χ1) is 14.6. The molecule has 3 rings (SSSR count). The van der Waals surface area contributed by atoms with Crippen LogP contribution in [0.4, 0.5) is 5.69 Å². The SMILES string of the molecule is CCCCCCCCC(=O)Nc1ccc(-c2nn3nc(OCCC)c(Cl)c3[nH]2)cc1. The van der Waals surface area contributed by atoms with E-state index in [-0.39, 0.29) is 5.91 Å². The van der Waals surface area contributed by atoms with E-state index >= 15 is 0 Å². The Morgan fingerprint density at radius 3 is 2.50 bits per heavy atom. The Morgan fingerprint density at radius 2 is 1.80 bits per heavy atom. The van der Waals surface area contributed by atoms with E-state index in [2.05, 4.69) is 27.4 Å². The highest BCUT2D eigenvalue weighted by Gasteiger charge is 2.16. The maximum atomic E-state index is 12.1. The number of nitrogens with one attached hydrogen (secondary N) is 2. The number of hydrogen-bond donors (Lipinski definition) is 2. The van der Waals surface area contributed by atoms with Crippen LogP contribution >= 0.6 is 11.6 Å². The lowest BCUT2D eigenvalue weighted by Crippen LogP contribution is -2.10. The number of amides is 1. The number of aromatic amines is 1. The second-order valence-corrected chi connectivity index (χ2v) is 7.80. The Kier molecular flexibility index (Phi) is 8.13. The summed E-state index contributed by atoms with van der Waals surface area (Å²) >= 11 is 6.33. The molecular formula is C22H30ClN5O2. The van der Waals surface area contributed by atoms with Crippen LogP contribution in [0.5, 0.6) is 5.88 Å². The molecule has 0 aliphatic heterocycles. The Balaban J connectivity index is 1.54. The minimum absolute atomic E-state index is 0.0566. The number of carbonyl (C=O) groups is 1. The monoisotopic (exact) mass is 431 g/mol. The maximum absolute atomic E-state index is 12.1.